The van der Waals surface area contributed by atoms with Gasteiger partial charge in [-0.3, -0.25) is 14.5 Å². The summed E-state index contributed by atoms with van der Waals surface area (Å²) in [5.41, 5.74) is 1.62. The van der Waals surface area contributed by atoms with Gasteiger partial charge >= 0.3 is 0 Å². The minimum atomic E-state index is -0.269. The number of para-hydroxylation sites is 1. The zero-order valence-corrected chi connectivity index (χ0v) is 16.6. The maximum absolute atomic E-state index is 12.5. The molecule has 2 aromatic rings. The van der Waals surface area contributed by atoms with Gasteiger partial charge in [0.25, 0.3) is 0 Å². The van der Waals surface area contributed by atoms with Gasteiger partial charge in [-0.15, -0.1) is 11.3 Å². The van der Waals surface area contributed by atoms with E-state index in [2.05, 4.69) is 16.8 Å². The standard InChI is InChI=1S/C18H19Cl2N3O2S/c1-22(10-16(24)21-18-13(19)3-2-4-14(18)20)11-17(25)23-7-5-15-12(9-23)6-8-26-15/h2-4,6,8H,5,7,9-11H2,1H3,(H,21,24). The second kappa shape index (κ2) is 8.39. The Morgan fingerprint density at radius 2 is 1.96 bits per heavy atom. The summed E-state index contributed by atoms with van der Waals surface area (Å²) in [6.07, 6.45) is 0.897. The van der Waals surface area contributed by atoms with Crippen molar-refractivity contribution < 1.29 is 9.59 Å². The van der Waals surface area contributed by atoms with Crippen LogP contribution in [-0.4, -0.2) is 48.3 Å². The van der Waals surface area contributed by atoms with Crippen LogP contribution in [0.3, 0.4) is 0 Å². The molecule has 5 nitrogen and oxygen atoms in total. The molecule has 0 saturated heterocycles. The van der Waals surface area contributed by atoms with Crippen molar-refractivity contribution in [3.05, 3.63) is 50.1 Å². The van der Waals surface area contributed by atoms with E-state index in [-0.39, 0.29) is 24.9 Å². The third-order valence-corrected chi connectivity index (χ3v) is 5.86. The lowest BCUT2D eigenvalue weighted by Gasteiger charge is -2.28. The van der Waals surface area contributed by atoms with Crippen molar-refractivity contribution in [1.82, 2.24) is 9.80 Å². The number of fused-ring (bicyclic) bond motifs is 1. The molecule has 138 valence electrons. The highest BCUT2D eigenvalue weighted by Gasteiger charge is 2.23. The van der Waals surface area contributed by atoms with E-state index in [4.69, 9.17) is 23.2 Å². The van der Waals surface area contributed by atoms with E-state index >= 15 is 0 Å². The first-order chi connectivity index (χ1) is 12.4. The highest BCUT2D eigenvalue weighted by atomic mass is 35.5. The fourth-order valence-electron chi connectivity index (χ4n) is 2.89. The minimum absolute atomic E-state index is 0.0212. The van der Waals surface area contributed by atoms with E-state index in [0.29, 0.717) is 22.3 Å². The maximum atomic E-state index is 12.5. The van der Waals surface area contributed by atoms with Crippen LogP contribution in [0.25, 0.3) is 0 Å². The molecule has 2 amide bonds. The van der Waals surface area contributed by atoms with E-state index in [9.17, 15) is 9.59 Å². The van der Waals surface area contributed by atoms with Gasteiger partial charge in [0.2, 0.25) is 11.8 Å². The number of hydrogen-bond acceptors (Lipinski definition) is 4. The van der Waals surface area contributed by atoms with Crippen molar-refractivity contribution in [2.24, 2.45) is 0 Å². The molecule has 3 rings (SSSR count). The fourth-order valence-corrected chi connectivity index (χ4v) is 4.27. The van der Waals surface area contributed by atoms with Crippen LogP contribution >= 0.6 is 34.5 Å². The van der Waals surface area contributed by atoms with Gasteiger partial charge in [0.05, 0.1) is 28.8 Å². The predicted molar refractivity (Wildman–Crippen MR) is 106 cm³/mol. The Kier molecular flexibility index (Phi) is 6.19. The zero-order valence-electron chi connectivity index (χ0n) is 14.3. The molecule has 0 atom stereocenters. The van der Waals surface area contributed by atoms with Gasteiger partial charge in [-0.1, -0.05) is 29.3 Å². The van der Waals surface area contributed by atoms with E-state index in [1.165, 1.54) is 10.4 Å². The number of thiophene rings is 1. The number of likely N-dealkylation sites (N-methyl/N-ethyl adjacent to an activating group) is 1. The normalized spacial score (nSPS) is 13.6. The molecule has 0 radical (unpaired) electrons. The molecule has 1 N–H and O–H groups in total. The Morgan fingerprint density at radius 3 is 2.69 bits per heavy atom. The van der Waals surface area contributed by atoms with Gasteiger partial charge in [-0.25, -0.2) is 0 Å². The van der Waals surface area contributed by atoms with Crippen LogP contribution in [0.2, 0.25) is 10.0 Å². The van der Waals surface area contributed by atoms with Crippen LogP contribution in [0.15, 0.2) is 29.6 Å². The zero-order chi connectivity index (χ0) is 18.7. The van der Waals surface area contributed by atoms with Crippen LogP contribution in [0, 0.1) is 0 Å². The largest absolute Gasteiger partial charge is 0.337 e. The van der Waals surface area contributed by atoms with Gasteiger partial charge in [-0.05, 0) is 42.6 Å². The summed E-state index contributed by atoms with van der Waals surface area (Å²) in [7, 11) is 1.74. The summed E-state index contributed by atoms with van der Waals surface area (Å²) in [6, 6.07) is 7.10. The number of anilines is 1. The summed E-state index contributed by atoms with van der Waals surface area (Å²) in [5.74, 6) is -0.248. The lowest BCUT2D eigenvalue weighted by molar-refractivity contribution is -0.133. The quantitative estimate of drug-likeness (QED) is 0.818. The molecule has 1 aliphatic heterocycles. The number of carbonyl (C=O) groups excluding carboxylic acids is 2. The second-order valence-electron chi connectivity index (χ2n) is 6.25. The van der Waals surface area contributed by atoms with Crippen molar-refractivity contribution in [2.75, 3.05) is 32.0 Å². The maximum Gasteiger partial charge on any atom is 0.238 e. The molecular formula is C18H19Cl2N3O2S. The van der Waals surface area contributed by atoms with E-state index in [1.54, 1.807) is 41.5 Å². The molecule has 26 heavy (non-hydrogen) atoms. The topological polar surface area (TPSA) is 52.7 Å². The summed E-state index contributed by atoms with van der Waals surface area (Å²) in [5, 5.41) is 5.53. The highest BCUT2D eigenvalue weighted by molar-refractivity contribution is 7.10. The third kappa shape index (κ3) is 4.57. The lowest BCUT2D eigenvalue weighted by atomic mass is 10.1. The summed E-state index contributed by atoms with van der Waals surface area (Å²) in [4.78, 5) is 29.6. The van der Waals surface area contributed by atoms with Crippen molar-refractivity contribution in [3.8, 4) is 0 Å². The molecule has 0 unspecified atom stereocenters. The molecule has 0 fully saturated rings. The molecule has 1 aromatic heterocycles. The van der Waals surface area contributed by atoms with Crippen LogP contribution < -0.4 is 5.32 Å². The van der Waals surface area contributed by atoms with E-state index in [1.807, 2.05) is 4.90 Å². The smallest absolute Gasteiger partial charge is 0.238 e. The Balaban J connectivity index is 1.51. The van der Waals surface area contributed by atoms with Crippen molar-refractivity contribution in [1.29, 1.82) is 0 Å². The van der Waals surface area contributed by atoms with E-state index < -0.39 is 0 Å². The summed E-state index contributed by atoms with van der Waals surface area (Å²) < 4.78 is 0. The molecule has 2 heterocycles. The molecule has 1 aromatic carbocycles. The van der Waals surface area contributed by atoms with Crippen molar-refractivity contribution >= 4 is 52.0 Å². The van der Waals surface area contributed by atoms with Gasteiger partial charge in [0.15, 0.2) is 0 Å². The Morgan fingerprint density at radius 1 is 1.23 bits per heavy atom. The van der Waals surface area contributed by atoms with Crippen LogP contribution in [-0.2, 0) is 22.6 Å². The lowest BCUT2D eigenvalue weighted by Crippen LogP contribution is -2.43. The first-order valence-corrected chi connectivity index (χ1v) is 9.83. The number of nitrogens with one attached hydrogen (secondary N) is 1. The monoisotopic (exact) mass is 411 g/mol. The van der Waals surface area contributed by atoms with Crippen molar-refractivity contribution in [3.63, 3.8) is 0 Å². The average molecular weight is 412 g/mol. The number of rotatable bonds is 5. The molecule has 0 spiro atoms. The van der Waals surface area contributed by atoms with Gasteiger partial charge in [0, 0.05) is 18.0 Å². The SMILES string of the molecule is CN(CC(=O)Nc1c(Cl)cccc1Cl)CC(=O)N1CCc2sccc2C1. The number of halogens is 2. The summed E-state index contributed by atoms with van der Waals surface area (Å²) in [6.45, 7) is 1.63. The minimum Gasteiger partial charge on any atom is -0.337 e. The molecule has 0 bridgehead atoms. The van der Waals surface area contributed by atoms with Crippen LogP contribution in [0.1, 0.15) is 10.4 Å². The van der Waals surface area contributed by atoms with Crippen molar-refractivity contribution in [2.45, 2.75) is 13.0 Å². The van der Waals surface area contributed by atoms with Gasteiger partial charge < -0.3 is 10.2 Å². The third-order valence-electron chi connectivity index (χ3n) is 4.21. The number of carbonyl (C=O) groups is 2. The van der Waals surface area contributed by atoms with Gasteiger partial charge in [0.1, 0.15) is 0 Å². The number of amides is 2. The van der Waals surface area contributed by atoms with E-state index in [0.717, 1.165) is 13.0 Å². The first kappa shape index (κ1) is 19.2. The molecule has 0 aliphatic carbocycles. The Hall–Kier alpha value is -1.60. The molecular weight excluding hydrogens is 393 g/mol. The fraction of sp³-hybridized carbons (Fsp3) is 0.333. The summed E-state index contributed by atoms with van der Waals surface area (Å²) >= 11 is 13.9. The first-order valence-electron chi connectivity index (χ1n) is 8.19. The number of nitrogens with zero attached hydrogens (tertiary/aromatic N) is 2. The number of benzene rings is 1. The Bertz CT molecular complexity index is 804. The van der Waals surface area contributed by atoms with Gasteiger partial charge in [-0.2, -0.15) is 0 Å². The molecule has 8 heteroatoms. The molecule has 1 aliphatic rings. The predicted octanol–water partition coefficient (Wildman–Crippen LogP) is 3.51. The average Bonchev–Trinajstić information content (AvgIpc) is 3.05. The highest BCUT2D eigenvalue weighted by Crippen LogP contribution is 2.29. The van der Waals surface area contributed by atoms with Crippen LogP contribution in [0.4, 0.5) is 5.69 Å². The molecule has 0 saturated carbocycles. The van der Waals surface area contributed by atoms with Crippen LogP contribution in [0.5, 0.6) is 0 Å². The second-order valence-corrected chi connectivity index (χ2v) is 8.07. The number of hydrogen-bond donors (Lipinski definition) is 1. The Labute approximate surface area is 166 Å².